The first-order valence-electron chi connectivity index (χ1n) is 12.3. The molecule has 0 saturated heterocycles. The summed E-state index contributed by atoms with van der Waals surface area (Å²) < 4.78 is 51.6. The number of halogens is 3. The number of aromatic nitrogens is 1. The Kier molecular flexibility index (Phi) is 9.33. The summed E-state index contributed by atoms with van der Waals surface area (Å²) in [6.45, 7) is 4.02. The van der Waals surface area contributed by atoms with Crippen molar-refractivity contribution in [2.24, 2.45) is 11.8 Å². The molecule has 1 amide bonds. The van der Waals surface area contributed by atoms with Gasteiger partial charge in [0.25, 0.3) is 0 Å². The van der Waals surface area contributed by atoms with Crippen LogP contribution in [0.3, 0.4) is 0 Å². The fourth-order valence-electron chi connectivity index (χ4n) is 4.63. The van der Waals surface area contributed by atoms with Crippen molar-refractivity contribution in [2.75, 3.05) is 18.6 Å². The summed E-state index contributed by atoms with van der Waals surface area (Å²) in [7, 11) is 1.48. The number of methoxy groups -OCH3 is 1. The molecule has 1 aromatic heterocycles. The maximum atomic E-state index is 13.6. The average molecular weight is 534 g/mol. The Morgan fingerprint density at radius 1 is 1.24 bits per heavy atom. The molecule has 204 valence electrons. The molecule has 0 radical (unpaired) electrons. The molecule has 38 heavy (non-hydrogen) atoms. The zero-order valence-electron chi connectivity index (χ0n) is 21.4. The van der Waals surface area contributed by atoms with Crippen LogP contribution in [0.4, 0.5) is 18.9 Å². The van der Waals surface area contributed by atoms with Crippen LogP contribution in [-0.2, 0) is 22.1 Å². The second-order valence-corrected chi connectivity index (χ2v) is 9.58. The first-order valence-corrected chi connectivity index (χ1v) is 12.3. The number of rotatable bonds is 9. The average Bonchev–Trinajstić information content (AvgIpc) is 2.85. The van der Waals surface area contributed by atoms with Crippen LogP contribution >= 0.6 is 0 Å². The lowest BCUT2D eigenvalue weighted by Crippen LogP contribution is -2.46. The van der Waals surface area contributed by atoms with Crippen LogP contribution < -0.4 is 9.64 Å². The number of alkyl halides is 3. The Morgan fingerprint density at radius 3 is 2.50 bits per heavy atom. The van der Waals surface area contributed by atoms with Gasteiger partial charge in [0.2, 0.25) is 11.8 Å². The molecule has 1 fully saturated rings. The number of anilines is 1. The van der Waals surface area contributed by atoms with Gasteiger partial charge in [-0.2, -0.15) is 18.4 Å². The third-order valence-corrected chi connectivity index (χ3v) is 6.62. The van der Waals surface area contributed by atoms with Gasteiger partial charge < -0.3 is 19.5 Å². The summed E-state index contributed by atoms with van der Waals surface area (Å²) in [6.07, 6.45) is -0.831. The van der Waals surface area contributed by atoms with E-state index in [2.05, 4.69) is 11.9 Å². The van der Waals surface area contributed by atoms with Gasteiger partial charge in [-0.1, -0.05) is 6.92 Å². The number of carboxylic acids is 1. The van der Waals surface area contributed by atoms with E-state index in [-0.39, 0.29) is 47.4 Å². The Morgan fingerprint density at radius 2 is 1.92 bits per heavy atom. The van der Waals surface area contributed by atoms with Crippen molar-refractivity contribution in [3.8, 4) is 17.7 Å². The Labute approximate surface area is 219 Å². The number of nitrogens with zero attached hydrogens (tertiary/aromatic N) is 3. The number of pyridine rings is 1. The summed E-state index contributed by atoms with van der Waals surface area (Å²) >= 11 is 0. The summed E-state index contributed by atoms with van der Waals surface area (Å²) in [5, 5.41) is 18.8. The molecule has 8 nitrogen and oxygen atoms in total. The smallest absolute Gasteiger partial charge is 0.421 e. The van der Waals surface area contributed by atoms with E-state index >= 15 is 0 Å². The van der Waals surface area contributed by atoms with Gasteiger partial charge in [-0.15, -0.1) is 0 Å². The zero-order chi connectivity index (χ0) is 28.0. The standard InChI is InChI=1S/C27H30F3N3O5/c1-16-4-6-19(7-5-16)25(34)33(17(2)15-37-3)23-9-8-20(13-21(23)26(35)36)38-24-22(27(28,29)30)12-18(10-11-31)14-32-24/h8-9,12-14,16-17,19H,4-7,10,15H2,1-3H3,(H,35,36)/t16?,17-,19?/m0/s1. The molecule has 1 heterocycles. The molecule has 0 aliphatic heterocycles. The Balaban J connectivity index is 2.01. The second-order valence-electron chi connectivity index (χ2n) is 9.58. The van der Waals surface area contributed by atoms with Crippen LogP contribution in [0.1, 0.15) is 61.0 Å². The SMILES string of the molecule is COC[C@H](C)N(C(=O)C1CCC(C)CC1)c1ccc(Oc2ncc(CC#N)cc2C(F)(F)F)cc1C(=O)O. The molecule has 0 spiro atoms. The van der Waals surface area contributed by atoms with Gasteiger partial charge in [0.1, 0.15) is 11.3 Å². The summed E-state index contributed by atoms with van der Waals surface area (Å²) in [4.78, 5) is 31.0. The van der Waals surface area contributed by atoms with E-state index in [1.54, 1.807) is 13.0 Å². The number of aromatic carboxylic acids is 1. The number of hydrogen-bond donors (Lipinski definition) is 1. The predicted molar refractivity (Wildman–Crippen MR) is 132 cm³/mol. The van der Waals surface area contributed by atoms with Gasteiger partial charge in [-0.25, -0.2) is 9.78 Å². The van der Waals surface area contributed by atoms with Crippen molar-refractivity contribution in [3.05, 3.63) is 47.2 Å². The maximum Gasteiger partial charge on any atom is 0.421 e. The normalized spacial score (nSPS) is 18.3. The first kappa shape index (κ1) is 28.9. The van der Waals surface area contributed by atoms with Crippen molar-refractivity contribution < 1.29 is 37.3 Å². The number of benzene rings is 1. The van der Waals surface area contributed by atoms with Crippen molar-refractivity contribution >= 4 is 17.6 Å². The molecule has 1 N–H and O–H groups in total. The zero-order valence-corrected chi connectivity index (χ0v) is 21.4. The van der Waals surface area contributed by atoms with Gasteiger partial charge in [-0.05, 0) is 68.4 Å². The minimum absolute atomic E-state index is 0.0622. The van der Waals surface area contributed by atoms with Crippen LogP contribution in [0.15, 0.2) is 30.5 Å². The number of amides is 1. The molecular weight excluding hydrogens is 503 g/mol. The summed E-state index contributed by atoms with van der Waals surface area (Å²) in [6, 6.07) is 5.77. The predicted octanol–water partition coefficient (Wildman–Crippen LogP) is 5.85. The number of carbonyl (C=O) groups excluding carboxylic acids is 1. The fraction of sp³-hybridized carbons (Fsp3) is 0.481. The van der Waals surface area contributed by atoms with Crippen molar-refractivity contribution in [1.82, 2.24) is 4.98 Å². The highest BCUT2D eigenvalue weighted by molar-refractivity contribution is 6.03. The van der Waals surface area contributed by atoms with E-state index in [9.17, 15) is 27.9 Å². The quantitative estimate of drug-likeness (QED) is 0.430. The monoisotopic (exact) mass is 533 g/mol. The molecule has 11 heteroatoms. The number of carboxylic acid groups (broad SMARTS) is 1. The molecule has 3 rings (SSSR count). The molecule has 0 bridgehead atoms. The van der Waals surface area contributed by atoms with Gasteiger partial charge >= 0.3 is 12.1 Å². The topological polar surface area (TPSA) is 113 Å². The van der Waals surface area contributed by atoms with E-state index in [0.717, 1.165) is 31.2 Å². The van der Waals surface area contributed by atoms with Crippen LogP contribution in [0.25, 0.3) is 0 Å². The molecule has 1 saturated carbocycles. The second kappa shape index (κ2) is 12.3. The largest absolute Gasteiger partial charge is 0.478 e. The van der Waals surface area contributed by atoms with Crippen molar-refractivity contribution in [3.63, 3.8) is 0 Å². The van der Waals surface area contributed by atoms with Gasteiger partial charge in [-0.3, -0.25) is 4.79 Å². The van der Waals surface area contributed by atoms with Crippen LogP contribution in [0.5, 0.6) is 11.6 Å². The van der Waals surface area contributed by atoms with E-state index in [1.807, 2.05) is 0 Å². The molecule has 2 aromatic rings. The lowest BCUT2D eigenvalue weighted by molar-refractivity contribution is -0.139. The lowest BCUT2D eigenvalue weighted by atomic mass is 9.82. The third-order valence-electron chi connectivity index (χ3n) is 6.62. The number of nitriles is 1. The van der Waals surface area contributed by atoms with Crippen molar-refractivity contribution in [1.29, 1.82) is 5.26 Å². The molecule has 1 aromatic carbocycles. The number of carbonyl (C=O) groups is 2. The molecule has 1 aliphatic rings. The van der Waals surface area contributed by atoms with Crippen LogP contribution in [0, 0.1) is 23.2 Å². The minimum Gasteiger partial charge on any atom is -0.478 e. The highest BCUT2D eigenvalue weighted by atomic mass is 19.4. The van der Waals surface area contributed by atoms with E-state index in [1.165, 1.54) is 24.1 Å². The molecular formula is C27H30F3N3O5. The van der Waals surface area contributed by atoms with Crippen LogP contribution in [0.2, 0.25) is 0 Å². The van der Waals surface area contributed by atoms with Gasteiger partial charge in [0.15, 0.2) is 0 Å². The van der Waals surface area contributed by atoms with E-state index in [0.29, 0.717) is 18.8 Å². The third kappa shape index (κ3) is 6.81. The Bertz CT molecular complexity index is 1200. The fourth-order valence-corrected chi connectivity index (χ4v) is 4.63. The highest BCUT2D eigenvalue weighted by Crippen LogP contribution is 2.39. The summed E-state index contributed by atoms with van der Waals surface area (Å²) in [5.41, 5.74) is -1.33. The maximum absolute atomic E-state index is 13.6. The first-order chi connectivity index (χ1) is 18.0. The molecule has 1 atom stereocenters. The Hall–Kier alpha value is -3.65. The lowest BCUT2D eigenvalue weighted by Gasteiger charge is -2.35. The molecule has 1 aliphatic carbocycles. The van der Waals surface area contributed by atoms with Crippen molar-refractivity contribution in [2.45, 2.75) is 58.2 Å². The summed E-state index contributed by atoms with van der Waals surface area (Å²) in [5.74, 6) is -2.33. The van der Waals surface area contributed by atoms with Gasteiger partial charge in [0, 0.05) is 19.2 Å². The van der Waals surface area contributed by atoms with E-state index < -0.39 is 29.6 Å². The van der Waals surface area contributed by atoms with Gasteiger partial charge in [0.05, 0.1) is 36.4 Å². The molecule has 0 unspecified atom stereocenters. The van der Waals surface area contributed by atoms with E-state index in [4.69, 9.17) is 14.7 Å². The highest BCUT2D eigenvalue weighted by Gasteiger charge is 2.37. The minimum atomic E-state index is -4.82. The van der Waals surface area contributed by atoms with Crippen LogP contribution in [-0.4, -0.2) is 41.7 Å². The number of ether oxygens (including phenoxy) is 2. The number of hydrogen-bond acceptors (Lipinski definition) is 6.